The van der Waals surface area contributed by atoms with Crippen molar-refractivity contribution in [3.63, 3.8) is 0 Å². The predicted octanol–water partition coefficient (Wildman–Crippen LogP) is 2.54. The molecule has 1 aromatic heterocycles. The van der Waals surface area contributed by atoms with Crippen LogP contribution in [0.2, 0.25) is 0 Å². The quantitative estimate of drug-likeness (QED) is 0.787. The van der Waals surface area contributed by atoms with Gasteiger partial charge in [0.1, 0.15) is 5.82 Å². The van der Waals surface area contributed by atoms with Crippen LogP contribution in [0.4, 0.5) is 5.82 Å². The highest BCUT2D eigenvalue weighted by Crippen LogP contribution is 2.26. The molecule has 18 heavy (non-hydrogen) atoms. The number of aryl methyl sites for hydroxylation is 1. The van der Waals surface area contributed by atoms with Crippen LogP contribution in [0.3, 0.4) is 0 Å². The maximum Gasteiger partial charge on any atom is 0.308 e. The summed E-state index contributed by atoms with van der Waals surface area (Å²) in [7, 11) is 1.45. The number of esters is 1. The van der Waals surface area contributed by atoms with Gasteiger partial charge in [-0.2, -0.15) is 0 Å². The second kappa shape index (κ2) is 5.69. The van der Waals surface area contributed by atoms with Gasteiger partial charge in [0.15, 0.2) is 0 Å². The summed E-state index contributed by atoms with van der Waals surface area (Å²) >= 11 is 3.42. The summed E-state index contributed by atoms with van der Waals surface area (Å²) in [5.41, 5.74) is 1.15. The Morgan fingerprint density at radius 3 is 2.72 bits per heavy atom. The second-order valence-corrected chi connectivity index (χ2v) is 5.49. The summed E-state index contributed by atoms with van der Waals surface area (Å²) in [4.78, 5) is 18.2. The van der Waals surface area contributed by atoms with E-state index in [1.807, 2.05) is 6.20 Å². The van der Waals surface area contributed by atoms with Crippen LogP contribution in [0, 0.1) is 12.8 Å². The van der Waals surface area contributed by atoms with Gasteiger partial charge in [0.25, 0.3) is 0 Å². The summed E-state index contributed by atoms with van der Waals surface area (Å²) in [6, 6.07) is 2.06. The third kappa shape index (κ3) is 2.83. The summed E-state index contributed by atoms with van der Waals surface area (Å²) in [6.07, 6.45) is 3.49. The number of carbonyl (C=O) groups excluding carboxylic acids is 1. The molecule has 2 rings (SSSR count). The van der Waals surface area contributed by atoms with E-state index in [-0.39, 0.29) is 11.9 Å². The lowest BCUT2D eigenvalue weighted by atomic mass is 9.97. The number of aromatic nitrogens is 1. The molecule has 5 heteroatoms. The number of pyridine rings is 1. The van der Waals surface area contributed by atoms with E-state index in [0.717, 1.165) is 41.8 Å². The average molecular weight is 313 g/mol. The van der Waals surface area contributed by atoms with Gasteiger partial charge in [0, 0.05) is 23.8 Å². The molecular formula is C13H17BrN2O2. The number of anilines is 1. The molecule has 2 heterocycles. The highest BCUT2D eigenvalue weighted by atomic mass is 79.9. The van der Waals surface area contributed by atoms with Gasteiger partial charge in [-0.15, -0.1) is 0 Å². The first-order valence-corrected chi connectivity index (χ1v) is 6.86. The Hall–Kier alpha value is -1.10. The lowest BCUT2D eigenvalue weighted by molar-refractivity contribution is -0.146. The van der Waals surface area contributed by atoms with E-state index < -0.39 is 0 Å². The predicted molar refractivity (Wildman–Crippen MR) is 73.6 cm³/mol. The topological polar surface area (TPSA) is 42.4 Å². The first-order valence-electron chi connectivity index (χ1n) is 6.06. The number of hydrogen-bond acceptors (Lipinski definition) is 4. The zero-order valence-corrected chi connectivity index (χ0v) is 12.2. The lowest BCUT2D eigenvalue weighted by Crippen LogP contribution is -2.37. The molecule has 1 aromatic rings. The van der Waals surface area contributed by atoms with Crippen LogP contribution in [0.5, 0.6) is 0 Å². The SMILES string of the molecule is COC(=O)C1CCN(c2ncc(Br)cc2C)CC1. The smallest absolute Gasteiger partial charge is 0.308 e. The largest absolute Gasteiger partial charge is 0.469 e. The second-order valence-electron chi connectivity index (χ2n) is 4.58. The lowest BCUT2D eigenvalue weighted by Gasteiger charge is -2.32. The highest BCUT2D eigenvalue weighted by Gasteiger charge is 2.26. The number of methoxy groups -OCH3 is 1. The van der Waals surface area contributed by atoms with Gasteiger partial charge in [-0.1, -0.05) is 0 Å². The maximum absolute atomic E-state index is 11.5. The van der Waals surface area contributed by atoms with Crippen LogP contribution in [0.1, 0.15) is 18.4 Å². The summed E-state index contributed by atoms with van der Waals surface area (Å²) in [5.74, 6) is 0.971. The van der Waals surface area contributed by atoms with Gasteiger partial charge in [-0.05, 0) is 47.3 Å². The zero-order valence-electron chi connectivity index (χ0n) is 10.6. The van der Waals surface area contributed by atoms with Crippen molar-refractivity contribution < 1.29 is 9.53 Å². The molecule has 98 valence electrons. The summed E-state index contributed by atoms with van der Waals surface area (Å²) in [5, 5.41) is 0. The highest BCUT2D eigenvalue weighted by molar-refractivity contribution is 9.10. The van der Waals surface area contributed by atoms with E-state index in [9.17, 15) is 4.79 Å². The first kappa shape index (κ1) is 13.3. The molecule has 0 bridgehead atoms. The standard InChI is InChI=1S/C13H17BrN2O2/c1-9-7-11(14)8-15-12(9)16-5-3-10(4-6-16)13(17)18-2/h7-8,10H,3-6H2,1-2H3. The van der Waals surface area contributed by atoms with E-state index in [2.05, 4.69) is 38.8 Å². The molecule has 1 saturated heterocycles. The normalized spacial score (nSPS) is 16.7. The van der Waals surface area contributed by atoms with Crippen molar-refractivity contribution in [3.8, 4) is 0 Å². The Balaban J connectivity index is 2.03. The molecule has 0 N–H and O–H groups in total. The van der Waals surface area contributed by atoms with Crippen molar-refractivity contribution in [2.45, 2.75) is 19.8 Å². The minimum atomic E-state index is -0.0878. The van der Waals surface area contributed by atoms with Gasteiger partial charge >= 0.3 is 5.97 Å². The van der Waals surface area contributed by atoms with Crippen LogP contribution >= 0.6 is 15.9 Å². The zero-order chi connectivity index (χ0) is 13.1. The Morgan fingerprint density at radius 2 is 2.17 bits per heavy atom. The van der Waals surface area contributed by atoms with Crippen LogP contribution in [-0.4, -0.2) is 31.2 Å². The number of piperidine rings is 1. The van der Waals surface area contributed by atoms with Gasteiger partial charge < -0.3 is 9.64 Å². The van der Waals surface area contributed by atoms with Gasteiger partial charge in [-0.3, -0.25) is 4.79 Å². The molecule has 0 unspecified atom stereocenters. The molecule has 4 nitrogen and oxygen atoms in total. The maximum atomic E-state index is 11.5. The van der Waals surface area contributed by atoms with Gasteiger partial charge in [0.05, 0.1) is 13.0 Å². The average Bonchev–Trinajstić information content (AvgIpc) is 2.38. The van der Waals surface area contributed by atoms with Crippen LogP contribution in [0.15, 0.2) is 16.7 Å². The van der Waals surface area contributed by atoms with E-state index in [1.54, 1.807) is 0 Å². The number of carbonyl (C=O) groups is 1. The molecule has 1 fully saturated rings. The van der Waals surface area contributed by atoms with Crippen molar-refractivity contribution in [3.05, 3.63) is 22.3 Å². The van der Waals surface area contributed by atoms with Gasteiger partial charge in [-0.25, -0.2) is 4.98 Å². The first-order chi connectivity index (χ1) is 8.61. The number of hydrogen-bond donors (Lipinski definition) is 0. The number of rotatable bonds is 2. The van der Waals surface area contributed by atoms with Crippen molar-refractivity contribution in [1.82, 2.24) is 4.98 Å². The Labute approximate surface area is 115 Å². The number of ether oxygens (including phenoxy) is 1. The molecule has 0 spiro atoms. The van der Waals surface area contributed by atoms with Crippen molar-refractivity contribution in [2.75, 3.05) is 25.1 Å². The van der Waals surface area contributed by atoms with E-state index in [0.29, 0.717) is 0 Å². The fraction of sp³-hybridized carbons (Fsp3) is 0.538. The monoisotopic (exact) mass is 312 g/mol. The minimum Gasteiger partial charge on any atom is -0.469 e. The van der Waals surface area contributed by atoms with Gasteiger partial charge in [0.2, 0.25) is 0 Å². The van der Waals surface area contributed by atoms with Crippen molar-refractivity contribution in [2.24, 2.45) is 5.92 Å². The fourth-order valence-corrected chi connectivity index (χ4v) is 2.80. The molecule has 0 radical (unpaired) electrons. The molecule has 0 atom stereocenters. The van der Waals surface area contributed by atoms with Crippen molar-refractivity contribution >= 4 is 27.7 Å². The van der Waals surface area contributed by atoms with E-state index in [4.69, 9.17) is 4.74 Å². The minimum absolute atomic E-state index is 0.0435. The third-order valence-corrected chi connectivity index (χ3v) is 3.78. The summed E-state index contributed by atoms with van der Waals surface area (Å²) < 4.78 is 5.78. The number of halogens is 1. The molecule has 0 saturated carbocycles. The number of nitrogens with zero attached hydrogens (tertiary/aromatic N) is 2. The Kier molecular flexibility index (Phi) is 4.22. The molecule has 0 aromatic carbocycles. The van der Waals surface area contributed by atoms with E-state index >= 15 is 0 Å². The molecule has 1 aliphatic heterocycles. The molecule has 0 amide bonds. The van der Waals surface area contributed by atoms with E-state index in [1.165, 1.54) is 7.11 Å². The fourth-order valence-electron chi connectivity index (χ4n) is 2.36. The third-order valence-electron chi connectivity index (χ3n) is 3.35. The van der Waals surface area contributed by atoms with Crippen LogP contribution in [-0.2, 0) is 9.53 Å². The van der Waals surface area contributed by atoms with Crippen LogP contribution in [0.25, 0.3) is 0 Å². The van der Waals surface area contributed by atoms with Crippen molar-refractivity contribution in [1.29, 1.82) is 0 Å². The molecule has 1 aliphatic rings. The molecule has 0 aliphatic carbocycles. The molecular weight excluding hydrogens is 296 g/mol. The summed E-state index contributed by atoms with van der Waals surface area (Å²) in [6.45, 7) is 3.77. The Bertz CT molecular complexity index is 443. The van der Waals surface area contributed by atoms with Crippen LogP contribution < -0.4 is 4.90 Å². The Morgan fingerprint density at radius 1 is 1.50 bits per heavy atom.